The zero-order valence-electron chi connectivity index (χ0n) is 15.7. The van der Waals surface area contributed by atoms with Gasteiger partial charge in [0.1, 0.15) is 5.60 Å². The number of anilines is 1. The highest BCUT2D eigenvalue weighted by Crippen LogP contribution is 2.35. The summed E-state index contributed by atoms with van der Waals surface area (Å²) in [6.45, 7) is 1.94. The number of pyridine rings is 1. The summed E-state index contributed by atoms with van der Waals surface area (Å²) >= 11 is 6.15. The molecule has 1 fully saturated rings. The van der Waals surface area contributed by atoms with Gasteiger partial charge in [0, 0.05) is 23.9 Å². The third kappa shape index (κ3) is 3.58. The quantitative estimate of drug-likeness (QED) is 0.762. The van der Waals surface area contributed by atoms with E-state index in [1.165, 1.54) is 19.2 Å². The van der Waals surface area contributed by atoms with E-state index in [0.29, 0.717) is 36.2 Å². The molecule has 1 aliphatic heterocycles. The monoisotopic (exact) mass is 416 g/mol. The first-order valence-electron chi connectivity index (χ1n) is 9.28. The number of allylic oxidation sites excluding steroid dienone is 2. The van der Waals surface area contributed by atoms with Gasteiger partial charge in [0.15, 0.2) is 11.6 Å². The molecule has 0 bridgehead atoms. The minimum Gasteiger partial charge on any atom is -0.381 e. The van der Waals surface area contributed by atoms with Gasteiger partial charge in [0.2, 0.25) is 0 Å². The number of alkyl halides is 1. The molecule has 1 amide bonds. The van der Waals surface area contributed by atoms with Crippen molar-refractivity contribution in [2.24, 2.45) is 0 Å². The van der Waals surface area contributed by atoms with Gasteiger partial charge in [-0.3, -0.25) is 9.78 Å². The fourth-order valence-electron chi connectivity index (χ4n) is 3.71. The average molecular weight is 417 g/mol. The first-order valence-corrected chi connectivity index (χ1v) is 9.71. The molecule has 2 heterocycles. The number of amides is 1. The van der Waals surface area contributed by atoms with Crippen LogP contribution >= 0.6 is 11.6 Å². The lowest BCUT2D eigenvalue weighted by molar-refractivity contribution is -0.115. The van der Waals surface area contributed by atoms with E-state index in [-0.39, 0.29) is 16.8 Å². The van der Waals surface area contributed by atoms with Crippen LogP contribution in [-0.2, 0) is 10.4 Å². The molecule has 1 N–H and O–H groups in total. The molecule has 1 aromatic heterocycles. The topological polar surface area (TPSA) is 53.4 Å². The lowest BCUT2D eigenvalue weighted by Crippen LogP contribution is -2.39. The van der Waals surface area contributed by atoms with E-state index >= 15 is 0 Å². The Morgan fingerprint density at radius 2 is 2.00 bits per heavy atom. The Hall–Kier alpha value is -2.57. The van der Waals surface area contributed by atoms with Crippen LogP contribution in [-0.4, -0.2) is 27.9 Å². The number of piperidine rings is 1. The molecule has 2 aromatic rings. The largest absolute Gasteiger partial charge is 0.381 e. The smallest absolute Gasteiger partial charge is 0.258 e. The molecule has 7 heteroatoms. The summed E-state index contributed by atoms with van der Waals surface area (Å²) in [7, 11) is 0. The summed E-state index contributed by atoms with van der Waals surface area (Å²) in [5.41, 5.74) is 1.07. The van der Waals surface area contributed by atoms with Crippen molar-refractivity contribution in [3.63, 3.8) is 0 Å². The summed E-state index contributed by atoms with van der Waals surface area (Å²) in [6.07, 6.45) is 8.05. The maximum atomic E-state index is 13.7. The molecule has 29 heavy (non-hydrogen) atoms. The molecular weight excluding hydrogens is 398 g/mol. The van der Waals surface area contributed by atoms with Crippen molar-refractivity contribution in [1.29, 1.82) is 0 Å². The van der Waals surface area contributed by atoms with Crippen molar-refractivity contribution in [1.82, 2.24) is 4.98 Å². The fourth-order valence-corrected chi connectivity index (χ4v) is 3.95. The zero-order chi connectivity index (χ0) is 20.8. The van der Waals surface area contributed by atoms with Crippen molar-refractivity contribution < 1.29 is 18.7 Å². The molecule has 0 spiro atoms. The number of hydrogen-bond donors (Lipinski definition) is 1. The summed E-state index contributed by atoms with van der Waals surface area (Å²) in [5, 5.41) is 10.9. The third-order valence-corrected chi connectivity index (χ3v) is 5.74. The number of aromatic nitrogens is 1. The van der Waals surface area contributed by atoms with Crippen molar-refractivity contribution in [2.45, 2.75) is 30.7 Å². The van der Waals surface area contributed by atoms with Crippen molar-refractivity contribution in [3.8, 4) is 0 Å². The van der Waals surface area contributed by atoms with E-state index in [4.69, 9.17) is 11.6 Å². The van der Waals surface area contributed by atoms with Gasteiger partial charge >= 0.3 is 0 Å². The summed E-state index contributed by atoms with van der Waals surface area (Å²) in [4.78, 5) is 18.7. The van der Waals surface area contributed by atoms with Crippen LogP contribution in [0.15, 0.2) is 60.0 Å². The van der Waals surface area contributed by atoms with Crippen LogP contribution in [0.5, 0.6) is 0 Å². The Kier molecular flexibility index (Phi) is 5.00. The van der Waals surface area contributed by atoms with Crippen LogP contribution in [0.2, 0.25) is 0 Å². The van der Waals surface area contributed by atoms with Crippen molar-refractivity contribution in [2.75, 3.05) is 11.4 Å². The van der Waals surface area contributed by atoms with E-state index < -0.39 is 17.2 Å². The van der Waals surface area contributed by atoms with Gasteiger partial charge in [-0.05, 0) is 49.1 Å². The second-order valence-corrected chi connectivity index (χ2v) is 7.96. The lowest BCUT2D eigenvalue weighted by atomic mass is 9.88. The number of rotatable bonds is 3. The molecule has 1 saturated heterocycles. The number of hydrogen-bond acceptors (Lipinski definition) is 3. The summed E-state index contributed by atoms with van der Waals surface area (Å²) in [6, 6.07) is 4.90. The second-order valence-electron chi connectivity index (χ2n) is 7.40. The van der Waals surface area contributed by atoms with Crippen molar-refractivity contribution >= 4 is 23.2 Å². The van der Waals surface area contributed by atoms with E-state index in [9.17, 15) is 18.7 Å². The zero-order valence-corrected chi connectivity index (χ0v) is 16.5. The molecule has 1 aromatic carbocycles. The standard InChI is InChI=1S/C22H19ClF2N2O2/c1-22(29,14-2-5-19(24)20(25)10-14)15-9-17(12-26-11-15)27-7-6-13-8-16(23)3-4-18(13)21(27)28/h2,4-5,8-12,16,29H,3,6-7H2,1H3. The molecule has 2 aliphatic rings. The first-order chi connectivity index (χ1) is 13.8. The first kappa shape index (κ1) is 19.7. The SMILES string of the molecule is CC(O)(c1cncc(N2CCC3=CC(Cl)CC=C3C2=O)c1)c1ccc(F)c(F)c1. The van der Waals surface area contributed by atoms with Crippen molar-refractivity contribution in [3.05, 3.63) is 82.7 Å². The van der Waals surface area contributed by atoms with Crippen LogP contribution in [0, 0.1) is 11.6 Å². The van der Waals surface area contributed by atoms with E-state index in [2.05, 4.69) is 4.98 Å². The summed E-state index contributed by atoms with van der Waals surface area (Å²) < 4.78 is 26.9. The number of carbonyl (C=O) groups is 1. The van der Waals surface area contributed by atoms with Gasteiger partial charge in [0.25, 0.3) is 5.91 Å². The molecule has 1 aliphatic carbocycles. The fraction of sp³-hybridized carbons (Fsp3) is 0.273. The normalized spacial score (nSPS) is 21.2. The van der Waals surface area contributed by atoms with Crippen LogP contribution in [0.1, 0.15) is 30.9 Å². The van der Waals surface area contributed by atoms with Gasteiger partial charge < -0.3 is 10.0 Å². The highest BCUT2D eigenvalue weighted by Gasteiger charge is 2.32. The Morgan fingerprint density at radius 1 is 1.21 bits per heavy atom. The number of carbonyl (C=O) groups excluding carboxylic acids is 1. The van der Waals surface area contributed by atoms with E-state index in [1.807, 2.05) is 12.2 Å². The number of fused-ring (bicyclic) bond motifs is 1. The number of aliphatic hydroxyl groups is 1. The molecule has 4 rings (SSSR count). The molecule has 4 nitrogen and oxygen atoms in total. The van der Waals surface area contributed by atoms with Gasteiger partial charge in [0.05, 0.1) is 17.3 Å². The minimum atomic E-state index is -1.61. The average Bonchev–Trinajstić information content (AvgIpc) is 2.70. The molecule has 0 saturated carbocycles. The predicted molar refractivity (Wildman–Crippen MR) is 107 cm³/mol. The molecule has 2 unspecified atom stereocenters. The Morgan fingerprint density at radius 3 is 2.76 bits per heavy atom. The Balaban J connectivity index is 1.66. The predicted octanol–water partition coefficient (Wildman–Crippen LogP) is 4.22. The highest BCUT2D eigenvalue weighted by atomic mass is 35.5. The van der Waals surface area contributed by atoms with Crippen LogP contribution in [0.4, 0.5) is 14.5 Å². The minimum absolute atomic E-state index is 0.0932. The van der Waals surface area contributed by atoms with Crippen LogP contribution in [0.3, 0.4) is 0 Å². The van der Waals surface area contributed by atoms with Crippen LogP contribution < -0.4 is 4.90 Å². The van der Waals surface area contributed by atoms with Gasteiger partial charge in [-0.25, -0.2) is 8.78 Å². The molecule has 2 atom stereocenters. The third-order valence-electron chi connectivity index (χ3n) is 5.43. The Labute approximate surface area is 172 Å². The van der Waals surface area contributed by atoms with Gasteiger partial charge in [-0.1, -0.05) is 18.2 Å². The van der Waals surface area contributed by atoms with Gasteiger partial charge in [-0.2, -0.15) is 0 Å². The Bertz CT molecular complexity index is 1050. The second kappa shape index (κ2) is 7.35. The van der Waals surface area contributed by atoms with E-state index in [0.717, 1.165) is 17.7 Å². The number of benzene rings is 1. The molecule has 0 radical (unpaired) electrons. The number of halogens is 3. The summed E-state index contributed by atoms with van der Waals surface area (Å²) in [5.74, 6) is -2.17. The van der Waals surface area contributed by atoms with Gasteiger partial charge in [-0.15, -0.1) is 11.6 Å². The number of nitrogens with zero attached hydrogens (tertiary/aromatic N) is 2. The van der Waals surface area contributed by atoms with E-state index in [1.54, 1.807) is 17.2 Å². The maximum absolute atomic E-state index is 13.7. The molecule has 150 valence electrons. The maximum Gasteiger partial charge on any atom is 0.258 e. The van der Waals surface area contributed by atoms with Crippen LogP contribution in [0.25, 0.3) is 0 Å². The highest BCUT2D eigenvalue weighted by molar-refractivity contribution is 6.22. The molecular formula is C22H19ClF2N2O2. The lowest BCUT2D eigenvalue weighted by Gasteiger charge is -2.33.